The molecule has 0 aliphatic carbocycles. The number of anilines is 1. The highest BCUT2D eigenvalue weighted by atomic mass is 19.2. The van der Waals surface area contributed by atoms with Crippen molar-refractivity contribution in [2.24, 2.45) is 5.16 Å². The molecule has 0 bridgehead atoms. The highest BCUT2D eigenvalue weighted by Gasteiger charge is 2.21. The number of fused-ring (bicyclic) bond motifs is 1. The van der Waals surface area contributed by atoms with Crippen LogP contribution in [0.3, 0.4) is 0 Å². The summed E-state index contributed by atoms with van der Waals surface area (Å²) in [5.74, 6) is -1.68. The molecule has 0 aromatic heterocycles. The number of oxime groups is 1. The van der Waals surface area contributed by atoms with E-state index in [4.69, 9.17) is 5.21 Å². The lowest BCUT2D eigenvalue weighted by Gasteiger charge is -2.31. The first-order chi connectivity index (χ1) is 10.2. The van der Waals surface area contributed by atoms with E-state index in [0.29, 0.717) is 30.8 Å². The Morgan fingerprint density at radius 2 is 1.90 bits per heavy atom. The van der Waals surface area contributed by atoms with E-state index in [1.165, 1.54) is 6.07 Å². The molecule has 0 saturated carbocycles. The third-order valence-electron chi connectivity index (χ3n) is 3.65. The summed E-state index contributed by atoms with van der Waals surface area (Å²) in [6.07, 6.45) is 0.608. The van der Waals surface area contributed by atoms with Crippen molar-refractivity contribution in [2.75, 3.05) is 11.4 Å². The molecule has 3 nitrogen and oxygen atoms in total. The predicted octanol–water partition coefficient (Wildman–Crippen LogP) is 3.55. The molecule has 0 unspecified atom stereocenters. The molecule has 0 atom stereocenters. The number of nitrogens with zero attached hydrogens (tertiary/aromatic N) is 2. The minimum absolute atomic E-state index is 0.479. The lowest BCUT2D eigenvalue weighted by molar-refractivity contribution is 0.317. The number of hydrogen-bond donors (Lipinski definition) is 1. The quantitative estimate of drug-likeness (QED) is 0.677. The molecule has 3 rings (SSSR count). The summed E-state index contributed by atoms with van der Waals surface area (Å²) in [4.78, 5) is 2.07. The topological polar surface area (TPSA) is 35.8 Å². The number of benzene rings is 2. The Labute approximate surface area is 121 Å². The molecule has 2 aromatic carbocycles. The summed E-state index contributed by atoms with van der Waals surface area (Å²) in [5, 5.41) is 12.4. The van der Waals surface area contributed by atoms with Gasteiger partial charge in [0.25, 0.3) is 0 Å². The van der Waals surface area contributed by atoms with Crippen LogP contribution in [0.25, 0.3) is 0 Å². The van der Waals surface area contributed by atoms with Gasteiger partial charge in [0.15, 0.2) is 11.6 Å². The van der Waals surface area contributed by atoms with Crippen molar-refractivity contribution in [2.45, 2.75) is 13.0 Å². The summed E-state index contributed by atoms with van der Waals surface area (Å²) in [7, 11) is 0. The molecule has 5 heteroatoms. The van der Waals surface area contributed by atoms with Crippen LogP contribution in [0.2, 0.25) is 0 Å². The second-order valence-electron chi connectivity index (χ2n) is 4.98. The van der Waals surface area contributed by atoms with Crippen LogP contribution in [0.15, 0.2) is 47.6 Å². The van der Waals surface area contributed by atoms with Crippen LogP contribution in [0.5, 0.6) is 0 Å². The maximum Gasteiger partial charge on any atom is 0.159 e. The summed E-state index contributed by atoms with van der Waals surface area (Å²) >= 11 is 0. The van der Waals surface area contributed by atoms with Crippen LogP contribution >= 0.6 is 0 Å². The van der Waals surface area contributed by atoms with Crippen molar-refractivity contribution >= 4 is 11.4 Å². The highest BCUT2D eigenvalue weighted by Crippen LogP contribution is 2.28. The van der Waals surface area contributed by atoms with Gasteiger partial charge < -0.3 is 10.1 Å². The van der Waals surface area contributed by atoms with Crippen LogP contribution < -0.4 is 4.90 Å². The minimum Gasteiger partial charge on any atom is -0.411 e. The molecule has 1 aliphatic rings. The Morgan fingerprint density at radius 1 is 1.10 bits per heavy atom. The average Bonchev–Trinajstić information content (AvgIpc) is 2.51. The second-order valence-corrected chi connectivity index (χ2v) is 4.98. The van der Waals surface area contributed by atoms with Gasteiger partial charge in [-0.15, -0.1) is 0 Å². The van der Waals surface area contributed by atoms with E-state index in [1.54, 1.807) is 6.07 Å². The monoisotopic (exact) mass is 288 g/mol. The molecular formula is C16H14F2N2O. The number of halogens is 2. The summed E-state index contributed by atoms with van der Waals surface area (Å²) in [5.41, 5.74) is 3.15. The first-order valence-corrected chi connectivity index (χ1v) is 6.68. The largest absolute Gasteiger partial charge is 0.411 e. The molecule has 1 heterocycles. The highest BCUT2D eigenvalue weighted by molar-refractivity contribution is 6.06. The Morgan fingerprint density at radius 3 is 2.67 bits per heavy atom. The molecule has 0 amide bonds. The first kappa shape index (κ1) is 13.5. The van der Waals surface area contributed by atoms with Crippen LogP contribution in [0.4, 0.5) is 14.5 Å². The molecule has 0 fully saturated rings. The fourth-order valence-electron chi connectivity index (χ4n) is 2.62. The molecule has 2 aromatic rings. The van der Waals surface area contributed by atoms with E-state index in [2.05, 4.69) is 10.1 Å². The zero-order valence-electron chi connectivity index (χ0n) is 11.3. The van der Waals surface area contributed by atoms with E-state index in [0.717, 1.165) is 17.3 Å². The van der Waals surface area contributed by atoms with E-state index in [-0.39, 0.29) is 0 Å². The Balaban J connectivity index is 1.91. The summed E-state index contributed by atoms with van der Waals surface area (Å²) < 4.78 is 26.3. The molecule has 0 spiro atoms. The van der Waals surface area contributed by atoms with Gasteiger partial charge in [-0.3, -0.25) is 0 Å². The minimum atomic E-state index is -0.840. The molecule has 0 saturated heterocycles. The van der Waals surface area contributed by atoms with Gasteiger partial charge in [-0.1, -0.05) is 29.4 Å². The van der Waals surface area contributed by atoms with Crippen LogP contribution in [-0.2, 0) is 6.54 Å². The molecule has 108 valence electrons. The van der Waals surface area contributed by atoms with Crippen molar-refractivity contribution in [1.82, 2.24) is 0 Å². The van der Waals surface area contributed by atoms with Gasteiger partial charge in [0.1, 0.15) is 0 Å². The SMILES string of the molecule is O/N=C1/CCN(Cc2ccc(F)c(F)c2)c2ccccc21. The smallest absolute Gasteiger partial charge is 0.159 e. The van der Waals surface area contributed by atoms with Crippen LogP contribution in [-0.4, -0.2) is 17.5 Å². The standard InChI is InChI=1S/C16H14F2N2O/c17-13-6-5-11(9-14(13)18)10-20-8-7-15(19-21)12-3-1-2-4-16(12)20/h1-6,9,21H,7-8,10H2/b19-15-. The number of rotatable bonds is 2. The first-order valence-electron chi connectivity index (χ1n) is 6.68. The normalized spacial score (nSPS) is 16.1. The van der Waals surface area contributed by atoms with Crippen LogP contribution in [0.1, 0.15) is 17.5 Å². The van der Waals surface area contributed by atoms with Crippen molar-refractivity contribution < 1.29 is 14.0 Å². The third-order valence-corrected chi connectivity index (χ3v) is 3.65. The lowest BCUT2D eigenvalue weighted by Crippen LogP contribution is -2.32. The van der Waals surface area contributed by atoms with Gasteiger partial charge in [0, 0.05) is 30.8 Å². The molecule has 0 radical (unpaired) electrons. The van der Waals surface area contributed by atoms with E-state index < -0.39 is 11.6 Å². The van der Waals surface area contributed by atoms with Gasteiger partial charge in [-0.2, -0.15) is 0 Å². The summed E-state index contributed by atoms with van der Waals surface area (Å²) in [6, 6.07) is 11.5. The second kappa shape index (κ2) is 5.52. The maximum absolute atomic E-state index is 13.3. The van der Waals surface area contributed by atoms with Gasteiger partial charge >= 0.3 is 0 Å². The van der Waals surface area contributed by atoms with Gasteiger partial charge in [-0.25, -0.2) is 8.78 Å². The fourth-order valence-corrected chi connectivity index (χ4v) is 2.62. The van der Waals surface area contributed by atoms with Crippen molar-refractivity contribution in [1.29, 1.82) is 0 Å². The fraction of sp³-hybridized carbons (Fsp3) is 0.188. The maximum atomic E-state index is 13.3. The van der Waals surface area contributed by atoms with Gasteiger partial charge in [0.05, 0.1) is 5.71 Å². The van der Waals surface area contributed by atoms with Crippen molar-refractivity contribution in [3.8, 4) is 0 Å². The Kier molecular flexibility index (Phi) is 3.56. The molecule has 1 aliphatic heterocycles. The Bertz CT molecular complexity index is 700. The Hall–Kier alpha value is -2.43. The number of para-hydroxylation sites is 1. The zero-order chi connectivity index (χ0) is 14.8. The zero-order valence-corrected chi connectivity index (χ0v) is 11.3. The third kappa shape index (κ3) is 2.59. The van der Waals surface area contributed by atoms with Crippen LogP contribution in [0, 0.1) is 11.6 Å². The average molecular weight is 288 g/mol. The molecular weight excluding hydrogens is 274 g/mol. The van der Waals surface area contributed by atoms with Gasteiger partial charge in [-0.05, 0) is 23.8 Å². The molecule has 1 N–H and O–H groups in total. The lowest BCUT2D eigenvalue weighted by atomic mass is 9.99. The molecule has 21 heavy (non-hydrogen) atoms. The van der Waals surface area contributed by atoms with Gasteiger partial charge in [0.2, 0.25) is 0 Å². The van der Waals surface area contributed by atoms with Crippen molar-refractivity contribution in [3.05, 3.63) is 65.2 Å². The van der Waals surface area contributed by atoms with Crippen molar-refractivity contribution in [3.63, 3.8) is 0 Å². The predicted molar refractivity (Wildman–Crippen MR) is 76.8 cm³/mol. The van der Waals surface area contributed by atoms with E-state index >= 15 is 0 Å². The number of hydrogen-bond acceptors (Lipinski definition) is 3. The van der Waals surface area contributed by atoms with E-state index in [9.17, 15) is 8.78 Å². The summed E-state index contributed by atoms with van der Waals surface area (Å²) in [6.45, 7) is 1.14. The van der Waals surface area contributed by atoms with E-state index in [1.807, 2.05) is 24.3 Å².